The van der Waals surface area contributed by atoms with Crippen LogP contribution in [0.3, 0.4) is 0 Å². The molecule has 2 aromatic rings. The molecule has 0 unspecified atom stereocenters. The second kappa shape index (κ2) is 4.35. The first-order valence-electron chi connectivity index (χ1n) is 6.13. The fourth-order valence-corrected chi connectivity index (χ4v) is 2.51. The van der Waals surface area contributed by atoms with E-state index in [0.717, 1.165) is 23.1 Å². The topological polar surface area (TPSA) is 37.4 Å². The van der Waals surface area contributed by atoms with E-state index in [4.69, 9.17) is 0 Å². The van der Waals surface area contributed by atoms with Crippen LogP contribution >= 0.6 is 0 Å². The van der Waals surface area contributed by atoms with Gasteiger partial charge in [-0.1, -0.05) is 24.3 Å². The van der Waals surface area contributed by atoms with Gasteiger partial charge in [0.2, 0.25) is 0 Å². The Labute approximate surface area is 111 Å². The van der Waals surface area contributed by atoms with E-state index in [-0.39, 0.29) is 5.78 Å². The maximum atomic E-state index is 12.6. The van der Waals surface area contributed by atoms with Gasteiger partial charge in [0.05, 0.1) is 0 Å². The highest BCUT2D eigenvalue weighted by molar-refractivity contribution is 6.14. The normalized spacial score (nSPS) is 13.5. The predicted molar refractivity (Wildman–Crippen MR) is 73.8 cm³/mol. The Hall–Kier alpha value is -2.42. The first-order valence-corrected chi connectivity index (χ1v) is 6.13. The number of hydrogen-bond donors (Lipinski definition) is 0. The lowest BCUT2D eigenvalue weighted by Gasteiger charge is -2.19. The number of ketones is 1. The molecule has 0 radical (unpaired) electrons. The van der Waals surface area contributed by atoms with Crippen LogP contribution in [-0.2, 0) is 6.54 Å². The third-order valence-electron chi connectivity index (χ3n) is 3.48. The molecule has 0 atom stereocenters. The van der Waals surface area contributed by atoms with Gasteiger partial charge in [0.1, 0.15) is 6.29 Å². The number of benzene rings is 2. The van der Waals surface area contributed by atoms with E-state index in [1.807, 2.05) is 42.3 Å². The summed E-state index contributed by atoms with van der Waals surface area (Å²) in [5.74, 6) is -0.0151. The van der Waals surface area contributed by atoms with Crippen LogP contribution in [0.5, 0.6) is 0 Å². The SMILES string of the molecule is CN1Cc2ccccc2C(=O)c2cc(C=O)ccc21. The van der Waals surface area contributed by atoms with Crippen LogP contribution < -0.4 is 4.90 Å². The maximum Gasteiger partial charge on any atom is 0.195 e. The van der Waals surface area contributed by atoms with Crippen molar-refractivity contribution in [3.05, 3.63) is 64.7 Å². The lowest BCUT2D eigenvalue weighted by molar-refractivity contribution is 0.103. The van der Waals surface area contributed by atoms with Crippen molar-refractivity contribution in [2.75, 3.05) is 11.9 Å². The van der Waals surface area contributed by atoms with Crippen molar-refractivity contribution in [1.29, 1.82) is 0 Å². The van der Waals surface area contributed by atoms with Crippen LogP contribution in [0.15, 0.2) is 42.5 Å². The van der Waals surface area contributed by atoms with Crippen molar-refractivity contribution >= 4 is 17.8 Å². The summed E-state index contributed by atoms with van der Waals surface area (Å²) < 4.78 is 0. The second-order valence-electron chi connectivity index (χ2n) is 4.74. The molecule has 0 fully saturated rings. The molecule has 19 heavy (non-hydrogen) atoms. The molecule has 0 aliphatic carbocycles. The minimum Gasteiger partial charge on any atom is -0.370 e. The van der Waals surface area contributed by atoms with E-state index in [1.54, 1.807) is 12.1 Å². The summed E-state index contributed by atoms with van der Waals surface area (Å²) in [6, 6.07) is 12.9. The summed E-state index contributed by atoms with van der Waals surface area (Å²) >= 11 is 0. The Bertz CT molecular complexity index is 676. The number of nitrogens with zero attached hydrogens (tertiary/aromatic N) is 1. The summed E-state index contributed by atoms with van der Waals surface area (Å²) in [6.07, 6.45) is 0.768. The van der Waals surface area contributed by atoms with Crippen LogP contribution in [0.4, 0.5) is 5.69 Å². The molecule has 94 valence electrons. The van der Waals surface area contributed by atoms with Crippen molar-refractivity contribution in [2.45, 2.75) is 6.54 Å². The van der Waals surface area contributed by atoms with E-state index >= 15 is 0 Å². The zero-order valence-corrected chi connectivity index (χ0v) is 10.6. The summed E-state index contributed by atoms with van der Waals surface area (Å²) in [5, 5.41) is 0. The van der Waals surface area contributed by atoms with Gasteiger partial charge in [0, 0.05) is 36.0 Å². The van der Waals surface area contributed by atoms with Gasteiger partial charge in [-0.05, 0) is 23.8 Å². The van der Waals surface area contributed by atoms with Gasteiger partial charge in [0.25, 0.3) is 0 Å². The lowest BCUT2D eigenvalue weighted by Crippen LogP contribution is -2.16. The van der Waals surface area contributed by atoms with Crippen molar-refractivity contribution in [3.8, 4) is 0 Å². The van der Waals surface area contributed by atoms with E-state index in [9.17, 15) is 9.59 Å². The number of carbonyl (C=O) groups excluding carboxylic acids is 2. The number of rotatable bonds is 1. The van der Waals surface area contributed by atoms with Gasteiger partial charge in [-0.3, -0.25) is 9.59 Å². The highest BCUT2D eigenvalue weighted by Crippen LogP contribution is 2.30. The zero-order valence-electron chi connectivity index (χ0n) is 10.6. The third-order valence-corrected chi connectivity index (χ3v) is 3.48. The monoisotopic (exact) mass is 251 g/mol. The molecule has 3 heteroatoms. The van der Waals surface area contributed by atoms with Gasteiger partial charge in [-0.25, -0.2) is 0 Å². The van der Waals surface area contributed by atoms with Gasteiger partial charge < -0.3 is 4.90 Å². The Kier molecular flexibility index (Phi) is 2.67. The Morgan fingerprint density at radius 1 is 1.11 bits per heavy atom. The van der Waals surface area contributed by atoms with Gasteiger partial charge in [-0.15, -0.1) is 0 Å². The van der Waals surface area contributed by atoms with Crippen LogP contribution in [0.2, 0.25) is 0 Å². The fourth-order valence-electron chi connectivity index (χ4n) is 2.51. The first kappa shape index (κ1) is 11.7. The highest BCUT2D eigenvalue weighted by Gasteiger charge is 2.23. The van der Waals surface area contributed by atoms with Gasteiger partial charge in [0.15, 0.2) is 5.78 Å². The summed E-state index contributed by atoms with van der Waals surface area (Å²) in [6.45, 7) is 0.690. The third kappa shape index (κ3) is 1.83. The molecule has 3 nitrogen and oxygen atoms in total. The van der Waals surface area contributed by atoms with Crippen LogP contribution in [0.1, 0.15) is 31.8 Å². The minimum absolute atomic E-state index is 0.0151. The summed E-state index contributed by atoms with van der Waals surface area (Å²) in [5.41, 5.74) is 3.72. The molecule has 1 aliphatic heterocycles. The van der Waals surface area contributed by atoms with Crippen LogP contribution in [-0.4, -0.2) is 19.1 Å². The molecule has 2 aromatic carbocycles. The predicted octanol–water partition coefficient (Wildman–Crippen LogP) is 2.68. The number of fused-ring (bicyclic) bond motifs is 2. The Morgan fingerprint density at radius 2 is 1.89 bits per heavy atom. The van der Waals surface area contributed by atoms with Crippen LogP contribution in [0.25, 0.3) is 0 Å². The molecule has 3 rings (SSSR count). The molecule has 1 heterocycles. The van der Waals surface area contributed by atoms with Gasteiger partial charge in [-0.2, -0.15) is 0 Å². The maximum absolute atomic E-state index is 12.6. The molecule has 0 bridgehead atoms. The van der Waals surface area contributed by atoms with E-state index in [1.165, 1.54) is 0 Å². The first-order chi connectivity index (χ1) is 9.20. The van der Waals surface area contributed by atoms with Crippen molar-refractivity contribution in [2.24, 2.45) is 0 Å². The molecule has 0 N–H and O–H groups in total. The lowest BCUT2D eigenvalue weighted by atomic mass is 9.98. The Balaban J connectivity index is 2.25. The van der Waals surface area contributed by atoms with Gasteiger partial charge >= 0.3 is 0 Å². The molecule has 0 amide bonds. The smallest absolute Gasteiger partial charge is 0.195 e. The summed E-state index contributed by atoms with van der Waals surface area (Å²) in [7, 11) is 1.95. The van der Waals surface area contributed by atoms with Crippen molar-refractivity contribution in [3.63, 3.8) is 0 Å². The fraction of sp³-hybridized carbons (Fsp3) is 0.125. The molecule has 0 spiro atoms. The molecule has 1 aliphatic rings. The zero-order chi connectivity index (χ0) is 13.4. The van der Waals surface area contributed by atoms with E-state index in [0.29, 0.717) is 17.7 Å². The second-order valence-corrected chi connectivity index (χ2v) is 4.74. The number of hydrogen-bond acceptors (Lipinski definition) is 3. The van der Waals surface area contributed by atoms with Crippen LogP contribution in [0, 0.1) is 0 Å². The minimum atomic E-state index is -0.0151. The quantitative estimate of drug-likeness (QED) is 0.731. The van der Waals surface area contributed by atoms with Crippen molar-refractivity contribution in [1.82, 2.24) is 0 Å². The standard InChI is InChI=1S/C16H13NO2/c1-17-9-12-4-2-3-5-13(12)16(19)14-8-11(10-18)6-7-15(14)17/h2-8,10H,9H2,1H3. The average Bonchev–Trinajstić information content (AvgIpc) is 2.55. The highest BCUT2D eigenvalue weighted by atomic mass is 16.1. The molecule has 0 saturated heterocycles. The Morgan fingerprint density at radius 3 is 2.68 bits per heavy atom. The molecule has 0 saturated carbocycles. The number of carbonyl (C=O) groups is 2. The van der Waals surface area contributed by atoms with E-state index < -0.39 is 0 Å². The van der Waals surface area contributed by atoms with Crippen molar-refractivity contribution < 1.29 is 9.59 Å². The molecular formula is C16H13NO2. The number of anilines is 1. The average molecular weight is 251 g/mol. The molecule has 0 aromatic heterocycles. The largest absolute Gasteiger partial charge is 0.370 e. The van der Waals surface area contributed by atoms with E-state index in [2.05, 4.69) is 0 Å². The molecular weight excluding hydrogens is 238 g/mol. The summed E-state index contributed by atoms with van der Waals surface area (Å²) in [4.78, 5) is 25.5. The number of aldehydes is 1.